The number of nitrogens with one attached hydrogen (secondary N) is 3. The SMILES string of the molecule is CCC(C)(C)c1nnc2ccc(O[C@@H]3CC[C@H](NC(=O)Nc4cc(C(C)(C)C)nc(C(=O)NCCCN5CCOCC5)n4)c4ccccc43)cn12. The number of ether oxygens (including phenoxy) is 2. The van der Waals surface area contributed by atoms with Crippen LogP contribution in [-0.4, -0.2) is 80.8 Å². The number of urea groups is 1. The fourth-order valence-corrected chi connectivity index (χ4v) is 6.46. The molecule has 2 atom stereocenters. The Labute approximate surface area is 299 Å². The average molecular weight is 698 g/mol. The molecule has 3 aromatic heterocycles. The second kappa shape index (κ2) is 15.3. The Bertz CT molecular complexity index is 1840. The smallest absolute Gasteiger partial charge is 0.320 e. The minimum atomic E-state index is -0.409. The second-order valence-corrected chi connectivity index (χ2v) is 15.1. The number of benzene rings is 1. The van der Waals surface area contributed by atoms with Crippen LogP contribution in [0.2, 0.25) is 0 Å². The van der Waals surface area contributed by atoms with E-state index in [1.165, 1.54) is 0 Å². The first-order valence-electron chi connectivity index (χ1n) is 18.1. The van der Waals surface area contributed by atoms with Crippen molar-refractivity contribution in [1.29, 1.82) is 0 Å². The first-order valence-corrected chi connectivity index (χ1v) is 18.1. The number of rotatable bonds is 11. The molecule has 1 saturated heterocycles. The van der Waals surface area contributed by atoms with Crippen LogP contribution in [0.4, 0.5) is 10.6 Å². The van der Waals surface area contributed by atoms with Gasteiger partial charge in [-0.15, -0.1) is 10.2 Å². The molecule has 1 aliphatic carbocycles. The Balaban J connectivity index is 1.12. The molecule has 4 heterocycles. The number of anilines is 1. The van der Waals surface area contributed by atoms with Crippen LogP contribution < -0.4 is 20.7 Å². The van der Waals surface area contributed by atoms with E-state index in [0.29, 0.717) is 25.1 Å². The van der Waals surface area contributed by atoms with Gasteiger partial charge in [-0.1, -0.05) is 65.8 Å². The van der Waals surface area contributed by atoms with Gasteiger partial charge in [0.2, 0.25) is 5.82 Å². The van der Waals surface area contributed by atoms with E-state index in [1.54, 1.807) is 6.07 Å². The van der Waals surface area contributed by atoms with E-state index in [0.717, 1.165) is 74.0 Å². The summed E-state index contributed by atoms with van der Waals surface area (Å²) in [5, 5.41) is 17.8. The van der Waals surface area contributed by atoms with Gasteiger partial charge in [0.25, 0.3) is 5.91 Å². The first kappa shape index (κ1) is 36.2. The van der Waals surface area contributed by atoms with Gasteiger partial charge in [-0.2, -0.15) is 0 Å². The number of amides is 3. The van der Waals surface area contributed by atoms with Gasteiger partial charge in [-0.25, -0.2) is 14.8 Å². The zero-order valence-corrected chi connectivity index (χ0v) is 30.7. The zero-order chi connectivity index (χ0) is 36.2. The highest BCUT2D eigenvalue weighted by Crippen LogP contribution is 2.39. The van der Waals surface area contributed by atoms with Gasteiger partial charge in [0.15, 0.2) is 5.65 Å². The molecule has 0 radical (unpaired) electrons. The standard InChI is InChI=1S/C38H51N9O4/c1-7-38(5,6)35-45-44-32-16-13-25(24-47(32)35)51-29-15-14-28(26-11-8-9-12-27(26)29)40-36(49)43-31-23-30(37(2,3)4)41-33(42-31)34(48)39-17-10-18-46-19-21-50-22-20-46/h8-9,11-13,16,23-24,28-29H,7,10,14-15,17-22H2,1-6H3,(H,39,48)(H2,40,41,42,43,49)/t28-,29+/m0/s1. The van der Waals surface area contributed by atoms with Crippen molar-refractivity contribution in [3.8, 4) is 5.75 Å². The van der Waals surface area contributed by atoms with Crippen LogP contribution in [0, 0.1) is 0 Å². The van der Waals surface area contributed by atoms with Crippen LogP contribution in [0.3, 0.4) is 0 Å². The predicted octanol–water partition coefficient (Wildman–Crippen LogP) is 5.73. The van der Waals surface area contributed by atoms with Gasteiger partial charge in [0, 0.05) is 36.5 Å². The predicted molar refractivity (Wildman–Crippen MR) is 195 cm³/mol. The van der Waals surface area contributed by atoms with E-state index in [-0.39, 0.29) is 40.5 Å². The first-order chi connectivity index (χ1) is 24.4. The molecule has 13 heteroatoms. The van der Waals surface area contributed by atoms with Crippen LogP contribution in [0.5, 0.6) is 5.75 Å². The molecule has 0 spiro atoms. The van der Waals surface area contributed by atoms with Crippen molar-refractivity contribution in [2.24, 2.45) is 0 Å². The van der Waals surface area contributed by atoms with Gasteiger partial charge in [0.05, 0.1) is 31.1 Å². The Morgan fingerprint density at radius 3 is 2.49 bits per heavy atom. The molecule has 1 aromatic carbocycles. The van der Waals surface area contributed by atoms with E-state index in [1.807, 2.05) is 61.7 Å². The Hall–Kier alpha value is -4.62. The molecular formula is C38H51N9O4. The minimum Gasteiger partial charge on any atom is -0.484 e. The van der Waals surface area contributed by atoms with E-state index in [4.69, 9.17) is 9.47 Å². The lowest BCUT2D eigenvalue weighted by atomic mass is 9.85. The summed E-state index contributed by atoms with van der Waals surface area (Å²) in [4.78, 5) is 37.9. The maximum absolute atomic E-state index is 13.5. The van der Waals surface area contributed by atoms with Gasteiger partial charge in [-0.3, -0.25) is 19.4 Å². The molecule has 13 nitrogen and oxygen atoms in total. The summed E-state index contributed by atoms with van der Waals surface area (Å²) in [6, 6.07) is 13.0. The number of carbonyl (C=O) groups excluding carboxylic acids is 2. The highest BCUT2D eigenvalue weighted by Gasteiger charge is 2.31. The van der Waals surface area contributed by atoms with Gasteiger partial charge < -0.3 is 20.1 Å². The maximum Gasteiger partial charge on any atom is 0.320 e. The number of hydrogen-bond donors (Lipinski definition) is 3. The molecule has 6 rings (SSSR count). The summed E-state index contributed by atoms with van der Waals surface area (Å²) in [7, 11) is 0. The lowest BCUT2D eigenvalue weighted by molar-refractivity contribution is 0.0374. The second-order valence-electron chi connectivity index (χ2n) is 15.1. The minimum absolute atomic E-state index is 0.0298. The Morgan fingerprint density at radius 1 is 0.980 bits per heavy atom. The van der Waals surface area contributed by atoms with Crippen molar-refractivity contribution in [2.75, 3.05) is 44.7 Å². The summed E-state index contributed by atoms with van der Waals surface area (Å²) in [5.74, 6) is 1.56. The van der Waals surface area contributed by atoms with E-state index in [9.17, 15) is 9.59 Å². The molecule has 4 aromatic rings. The van der Waals surface area contributed by atoms with Crippen molar-refractivity contribution in [3.05, 3.63) is 77.1 Å². The molecule has 0 unspecified atom stereocenters. The number of nitrogens with zero attached hydrogens (tertiary/aromatic N) is 6. The summed E-state index contributed by atoms with van der Waals surface area (Å²) >= 11 is 0. The van der Waals surface area contributed by atoms with E-state index >= 15 is 0 Å². The van der Waals surface area contributed by atoms with Crippen LogP contribution >= 0.6 is 0 Å². The fraction of sp³-hybridized carbons (Fsp3) is 0.526. The Kier molecular flexibility index (Phi) is 10.9. The molecule has 2 aliphatic rings. The third-order valence-corrected chi connectivity index (χ3v) is 9.86. The van der Waals surface area contributed by atoms with Crippen molar-refractivity contribution >= 4 is 23.4 Å². The third kappa shape index (κ3) is 8.65. The molecule has 3 N–H and O–H groups in total. The van der Waals surface area contributed by atoms with Crippen LogP contribution in [-0.2, 0) is 15.6 Å². The third-order valence-electron chi connectivity index (χ3n) is 9.86. The average Bonchev–Trinajstić information content (AvgIpc) is 3.55. The monoisotopic (exact) mass is 697 g/mol. The maximum atomic E-state index is 13.5. The van der Waals surface area contributed by atoms with Crippen molar-refractivity contribution < 1.29 is 19.1 Å². The Morgan fingerprint density at radius 2 is 1.75 bits per heavy atom. The van der Waals surface area contributed by atoms with E-state index < -0.39 is 6.03 Å². The number of aromatic nitrogens is 5. The lowest BCUT2D eigenvalue weighted by Gasteiger charge is -2.32. The lowest BCUT2D eigenvalue weighted by Crippen LogP contribution is -2.38. The molecule has 272 valence electrons. The van der Waals surface area contributed by atoms with Gasteiger partial charge >= 0.3 is 6.03 Å². The van der Waals surface area contributed by atoms with Crippen molar-refractivity contribution in [2.45, 2.75) is 90.2 Å². The number of pyridine rings is 1. The summed E-state index contributed by atoms with van der Waals surface area (Å²) < 4.78 is 14.0. The van der Waals surface area contributed by atoms with Gasteiger partial charge in [-0.05, 0) is 55.5 Å². The molecule has 3 amide bonds. The summed E-state index contributed by atoms with van der Waals surface area (Å²) in [5.41, 5.74) is 2.96. The topological polar surface area (TPSA) is 148 Å². The van der Waals surface area contributed by atoms with Crippen molar-refractivity contribution in [1.82, 2.24) is 40.1 Å². The van der Waals surface area contributed by atoms with E-state index in [2.05, 4.69) is 67.9 Å². The van der Waals surface area contributed by atoms with Crippen LogP contribution in [0.25, 0.3) is 5.65 Å². The van der Waals surface area contributed by atoms with Crippen molar-refractivity contribution in [3.63, 3.8) is 0 Å². The molecule has 51 heavy (non-hydrogen) atoms. The largest absolute Gasteiger partial charge is 0.484 e. The fourth-order valence-electron chi connectivity index (χ4n) is 6.46. The highest BCUT2D eigenvalue weighted by molar-refractivity contribution is 5.92. The molecular weight excluding hydrogens is 646 g/mol. The summed E-state index contributed by atoms with van der Waals surface area (Å²) in [6.45, 7) is 17.2. The number of hydrogen-bond acceptors (Lipinski definition) is 9. The quantitative estimate of drug-likeness (QED) is 0.167. The number of fused-ring (bicyclic) bond motifs is 2. The molecule has 1 aliphatic heterocycles. The number of carbonyl (C=O) groups is 2. The van der Waals surface area contributed by atoms with Crippen LogP contribution in [0.1, 0.15) is 113 Å². The molecule has 0 saturated carbocycles. The molecule has 0 bridgehead atoms. The zero-order valence-electron chi connectivity index (χ0n) is 30.7. The normalized spacial score (nSPS) is 18.2. The highest BCUT2D eigenvalue weighted by atomic mass is 16.5. The molecule has 1 fully saturated rings. The van der Waals surface area contributed by atoms with Gasteiger partial charge in [0.1, 0.15) is 23.5 Å². The number of morpholine rings is 1. The summed E-state index contributed by atoms with van der Waals surface area (Å²) in [6.07, 6.45) is 4.89. The van der Waals surface area contributed by atoms with Crippen LogP contribution in [0.15, 0.2) is 48.7 Å².